The minimum atomic E-state index is -2.72. The minimum absolute atomic E-state index is 0.382. The summed E-state index contributed by atoms with van der Waals surface area (Å²) in [4.78, 5) is 0. The lowest BCUT2D eigenvalue weighted by Crippen LogP contribution is -2.56. The van der Waals surface area contributed by atoms with E-state index in [1.54, 1.807) is 0 Å². The summed E-state index contributed by atoms with van der Waals surface area (Å²) in [5, 5.41) is 0. The minimum Gasteiger partial charge on any atom is -0.370 e. The molecule has 4 heteroatoms. The molecule has 4 fully saturated rings. The van der Waals surface area contributed by atoms with Crippen molar-refractivity contribution in [1.82, 2.24) is 0 Å². The zero-order chi connectivity index (χ0) is 21.2. The summed E-state index contributed by atoms with van der Waals surface area (Å²) in [6, 6.07) is 0. The molecule has 0 aromatic rings. The number of rotatable bonds is 7. The molecular formula is C27H50O3Si. The first-order valence-corrected chi connectivity index (χ1v) is 16.2. The Labute approximate surface area is 193 Å². The van der Waals surface area contributed by atoms with E-state index in [0.29, 0.717) is 23.9 Å². The Morgan fingerprint density at radius 2 is 0.581 bits per heavy atom. The molecule has 180 valence electrons. The van der Waals surface area contributed by atoms with Crippen LogP contribution in [0.1, 0.15) is 148 Å². The maximum atomic E-state index is 7.28. The third-order valence-corrected chi connectivity index (χ3v) is 12.1. The van der Waals surface area contributed by atoms with E-state index in [9.17, 15) is 0 Å². The molecule has 3 nitrogen and oxygen atoms in total. The summed E-state index contributed by atoms with van der Waals surface area (Å²) in [6.45, 7) is 0. The van der Waals surface area contributed by atoms with Crippen molar-refractivity contribution in [3.63, 3.8) is 0 Å². The van der Waals surface area contributed by atoms with Gasteiger partial charge in [0.15, 0.2) is 0 Å². The van der Waals surface area contributed by atoms with Gasteiger partial charge in [0.25, 0.3) is 0 Å². The van der Waals surface area contributed by atoms with Crippen molar-refractivity contribution in [3.05, 3.63) is 0 Å². The van der Waals surface area contributed by atoms with E-state index in [-0.39, 0.29) is 0 Å². The lowest BCUT2D eigenvalue weighted by atomic mass is 10.0. The Morgan fingerprint density at radius 3 is 0.903 bits per heavy atom. The van der Waals surface area contributed by atoms with Gasteiger partial charge in [0, 0.05) is 23.9 Å². The molecule has 4 rings (SSSR count). The Balaban J connectivity index is 1.57. The maximum absolute atomic E-state index is 7.28. The second kappa shape index (κ2) is 13.1. The van der Waals surface area contributed by atoms with E-state index in [1.165, 1.54) is 148 Å². The van der Waals surface area contributed by atoms with Gasteiger partial charge in [0.1, 0.15) is 0 Å². The molecule has 0 N–H and O–H groups in total. The molecule has 0 aromatic carbocycles. The van der Waals surface area contributed by atoms with E-state index in [1.807, 2.05) is 0 Å². The quantitative estimate of drug-likeness (QED) is 0.287. The van der Waals surface area contributed by atoms with E-state index in [2.05, 4.69) is 0 Å². The molecule has 0 aliphatic heterocycles. The van der Waals surface area contributed by atoms with Gasteiger partial charge in [-0.25, -0.2) is 0 Å². The third-order valence-electron chi connectivity index (χ3n) is 8.50. The van der Waals surface area contributed by atoms with Gasteiger partial charge >= 0.3 is 8.80 Å². The van der Waals surface area contributed by atoms with Crippen molar-refractivity contribution in [2.45, 2.75) is 172 Å². The SMILES string of the molecule is C1CCCC(O[Si](OC2CCCCCC2)(OC2CCCCCC2)C2CCCCC2)CC1. The fraction of sp³-hybridized carbons (Fsp3) is 1.00. The van der Waals surface area contributed by atoms with Crippen molar-refractivity contribution < 1.29 is 13.3 Å². The van der Waals surface area contributed by atoms with Crippen LogP contribution in [-0.4, -0.2) is 27.1 Å². The van der Waals surface area contributed by atoms with Gasteiger partial charge in [-0.05, 0) is 51.4 Å². The van der Waals surface area contributed by atoms with Crippen molar-refractivity contribution in [2.24, 2.45) is 0 Å². The molecule has 0 heterocycles. The van der Waals surface area contributed by atoms with Crippen LogP contribution in [-0.2, 0) is 13.3 Å². The summed E-state index contributed by atoms with van der Waals surface area (Å²) in [7, 11) is -2.72. The van der Waals surface area contributed by atoms with Crippen molar-refractivity contribution in [3.8, 4) is 0 Å². The van der Waals surface area contributed by atoms with Gasteiger partial charge in [-0.3, -0.25) is 0 Å². The van der Waals surface area contributed by atoms with Crippen LogP contribution >= 0.6 is 0 Å². The Morgan fingerprint density at radius 1 is 0.323 bits per heavy atom. The highest BCUT2D eigenvalue weighted by atomic mass is 28.4. The topological polar surface area (TPSA) is 27.7 Å². The van der Waals surface area contributed by atoms with Gasteiger partial charge in [-0.2, -0.15) is 0 Å². The Hall–Kier alpha value is 0.0969. The fourth-order valence-electron chi connectivity index (χ4n) is 6.60. The first-order valence-electron chi connectivity index (χ1n) is 14.4. The first-order chi connectivity index (χ1) is 15.3. The lowest BCUT2D eigenvalue weighted by molar-refractivity contribution is -0.0385. The Bertz CT molecular complexity index is 414. The van der Waals surface area contributed by atoms with Crippen molar-refractivity contribution in [2.75, 3.05) is 0 Å². The zero-order valence-corrected chi connectivity index (χ0v) is 21.3. The first kappa shape index (κ1) is 24.2. The second-order valence-electron chi connectivity index (χ2n) is 11.1. The highest BCUT2D eigenvalue weighted by molar-refractivity contribution is 6.62. The summed E-state index contributed by atoms with van der Waals surface area (Å²) in [5.41, 5.74) is 0.552. The molecule has 0 bridgehead atoms. The largest absolute Gasteiger partial charge is 0.504 e. The summed E-state index contributed by atoms with van der Waals surface area (Å²) in [5.74, 6) is 0. The van der Waals surface area contributed by atoms with Crippen molar-refractivity contribution >= 4 is 8.80 Å². The highest BCUT2D eigenvalue weighted by Crippen LogP contribution is 2.44. The molecule has 0 amide bonds. The van der Waals surface area contributed by atoms with E-state index < -0.39 is 8.80 Å². The monoisotopic (exact) mass is 450 g/mol. The number of hydrogen-bond donors (Lipinski definition) is 0. The van der Waals surface area contributed by atoms with Crippen LogP contribution in [0.5, 0.6) is 0 Å². The van der Waals surface area contributed by atoms with E-state index in [4.69, 9.17) is 13.3 Å². The second-order valence-corrected chi connectivity index (χ2v) is 13.9. The number of hydrogen-bond acceptors (Lipinski definition) is 3. The summed E-state index contributed by atoms with van der Waals surface area (Å²) >= 11 is 0. The van der Waals surface area contributed by atoms with Gasteiger partial charge in [0.2, 0.25) is 0 Å². The predicted molar refractivity (Wildman–Crippen MR) is 130 cm³/mol. The van der Waals surface area contributed by atoms with Crippen LogP contribution in [0.4, 0.5) is 0 Å². The molecule has 0 radical (unpaired) electrons. The summed E-state index contributed by atoms with van der Waals surface area (Å²) < 4.78 is 21.8. The van der Waals surface area contributed by atoms with E-state index in [0.717, 1.165) is 0 Å². The average molecular weight is 451 g/mol. The van der Waals surface area contributed by atoms with Crippen LogP contribution in [0.15, 0.2) is 0 Å². The maximum Gasteiger partial charge on any atom is 0.504 e. The molecule has 0 saturated heterocycles. The molecular weight excluding hydrogens is 400 g/mol. The van der Waals surface area contributed by atoms with Crippen LogP contribution in [0.3, 0.4) is 0 Å². The van der Waals surface area contributed by atoms with Gasteiger partial charge in [-0.1, -0.05) is 96.3 Å². The standard InChI is InChI=1S/C27H50O3Si/c1-2-9-17-24(16-8-1)28-31(27-22-14-7-15-23-27,29-25-18-10-3-4-11-19-25)30-26-20-12-5-6-13-21-26/h24-27H,1-23H2. The molecule has 4 saturated carbocycles. The highest BCUT2D eigenvalue weighted by Gasteiger charge is 2.54. The molecule has 4 aliphatic rings. The zero-order valence-electron chi connectivity index (χ0n) is 20.3. The fourth-order valence-corrected chi connectivity index (χ4v) is 10.6. The van der Waals surface area contributed by atoms with E-state index >= 15 is 0 Å². The van der Waals surface area contributed by atoms with Crippen molar-refractivity contribution in [1.29, 1.82) is 0 Å². The van der Waals surface area contributed by atoms with Gasteiger partial charge < -0.3 is 13.3 Å². The van der Waals surface area contributed by atoms with Crippen LogP contribution in [0.2, 0.25) is 5.54 Å². The molecule has 0 aromatic heterocycles. The smallest absolute Gasteiger partial charge is 0.370 e. The van der Waals surface area contributed by atoms with Gasteiger partial charge in [-0.15, -0.1) is 0 Å². The molecule has 31 heavy (non-hydrogen) atoms. The molecule has 0 spiro atoms. The van der Waals surface area contributed by atoms with Crippen LogP contribution < -0.4 is 0 Å². The molecule has 0 unspecified atom stereocenters. The predicted octanol–water partition coefficient (Wildman–Crippen LogP) is 8.48. The lowest BCUT2D eigenvalue weighted by Gasteiger charge is -2.43. The molecule has 0 atom stereocenters. The summed E-state index contributed by atoms with van der Waals surface area (Å²) in [6.07, 6.45) is 31.4. The Kier molecular flexibility index (Phi) is 10.2. The van der Waals surface area contributed by atoms with Gasteiger partial charge in [0.05, 0.1) is 0 Å². The van der Waals surface area contributed by atoms with Crippen LogP contribution in [0.25, 0.3) is 0 Å². The average Bonchev–Trinajstić information content (AvgIpc) is 3.31. The normalized spacial score (nSPS) is 27.5. The molecule has 4 aliphatic carbocycles. The van der Waals surface area contributed by atoms with Crippen LogP contribution in [0, 0.1) is 0 Å². The third kappa shape index (κ3) is 7.55.